The first kappa shape index (κ1) is 17.7. The lowest BCUT2D eigenvalue weighted by molar-refractivity contribution is -0.109. The van der Waals surface area contributed by atoms with Crippen molar-refractivity contribution in [3.05, 3.63) is 33.3 Å². The van der Waals surface area contributed by atoms with Crippen LogP contribution in [0.1, 0.15) is 17.3 Å². The summed E-state index contributed by atoms with van der Waals surface area (Å²) in [6, 6.07) is 3.98. The van der Waals surface area contributed by atoms with Gasteiger partial charge in [-0.1, -0.05) is 27.5 Å². The summed E-state index contributed by atoms with van der Waals surface area (Å²) < 4.78 is 0.727. The molecule has 22 heavy (non-hydrogen) atoms. The van der Waals surface area contributed by atoms with Crippen LogP contribution in [-0.4, -0.2) is 58.2 Å². The molecule has 0 aromatic heterocycles. The highest BCUT2D eigenvalue weighted by Gasteiger charge is 2.40. The van der Waals surface area contributed by atoms with Gasteiger partial charge in [0.05, 0.1) is 28.8 Å². The van der Waals surface area contributed by atoms with Crippen LogP contribution in [0.15, 0.2) is 22.7 Å². The van der Waals surface area contributed by atoms with Gasteiger partial charge in [0.25, 0.3) is 5.91 Å². The van der Waals surface area contributed by atoms with Crippen LogP contribution in [0.3, 0.4) is 0 Å². The van der Waals surface area contributed by atoms with Crippen molar-refractivity contribution in [2.45, 2.75) is 37.3 Å². The fourth-order valence-electron chi connectivity index (χ4n) is 2.42. The number of aliphatic hydroxyl groups is 3. The second-order valence-corrected chi connectivity index (χ2v) is 6.69. The highest BCUT2D eigenvalue weighted by molar-refractivity contribution is 9.10. The molecule has 1 aliphatic heterocycles. The summed E-state index contributed by atoms with van der Waals surface area (Å²) in [4.78, 5) is 12.2. The van der Waals surface area contributed by atoms with Crippen molar-refractivity contribution < 1.29 is 20.1 Å². The molecule has 0 spiro atoms. The van der Waals surface area contributed by atoms with Gasteiger partial charge in [-0.25, -0.2) is 0 Å². The Morgan fingerprint density at radius 1 is 1.32 bits per heavy atom. The van der Waals surface area contributed by atoms with Gasteiger partial charge in [-0.05, 0) is 25.1 Å². The predicted molar refractivity (Wildman–Crippen MR) is 85.9 cm³/mol. The molecule has 5 atom stereocenters. The van der Waals surface area contributed by atoms with Crippen LogP contribution in [0.4, 0.5) is 0 Å². The van der Waals surface area contributed by atoms with E-state index < -0.39 is 30.4 Å². The minimum absolute atomic E-state index is 0.0942. The van der Waals surface area contributed by atoms with E-state index >= 15 is 0 Å². The SMILES string of the molecule is C[C@@H]1N[C@H](CNC(=O)c2cc(Br)ccc2Cl)[C@@H](O)[C@H](O)[C@@H]1O. The van der Waals surface area contributed by atoms with Gasteiger partial charge in [0.1, 0.15) is 6.10 Å². The first-order chi connectivity index (χ1) is 10.3. The van der Waals surface area contributed by atoms with Crippen LogP contribution in [0, 0.1) is 0 Å². The summed E-state index contributed by atoms with van der Waals surface area (Å²) in [5.74, 6) is -0.381. The van der Waals surface area contributed by atoms with E-state index in [1.807, 2.05) is 0 Å². The third-order valence-corrected chi connectivity index (χ3v) is 4.58. The molecule has 1 aromatic carbocycles. The fraction of sp³-hybridized carbons (Fsp3) is 0.500. The Morgan fingerprint density at radius 2 is 2.00 bits per heavy atom. The highest BCUT2D eigenvalue weighted by atomic mass is 79.9. The number of rotatable bonds is 3. The number of carbonyl (C=O) groups is 1. The van der Waals surface area contributed by atoms with Gasteiger partial charge in [-0.2, -0.15) is 0 Å². The van der Waals surface area contributed by atoms with Crippen molar-refractivity contribution in [1.29, 1.82) is 0 Å². The second kappa shape index (κ2) is 7.25. The van der Waals surface area contributed by atoms with Crippen molar-refractivity contribution in [1.82, 2.24) is 10.6 Å². The first-order valence-corrected chi connectivity index (χ1v) is 8.02. The van der Waals surface area contributed by atoms with Crippen LogP contribution in [0.25, 0.3) is 0 Å². The average Bonchev–Trinajstić information content (AvgIpc) is 2.49. The summed E-state index contributed by atoms with van der Waals surface area (Å²) in [6.07, 6.45) is -3.49. The van der Waals surface area contributed by atoms with Crippen LogP contribution >= 0.6 is 27.5 Å². The highest BCUT2D eigenvalue weighted by Crippen LogP contribution is 2.21. The standard InChI is InChI=1S/C14H18BrClN2O4/c1-6-11(19)13(21)12(20)10(18-6)5-17-14(22)8-4-7(15)2-3-9(8)16/h2-4,6,10-13,18-21H,5H2,1H3,(H,17,22)/t6-,10+,11+,12+,13+/m0/s1. The lowest BCUT2D eigenvalue weighted by Crippen LogP contribution is -2.66. The molecule has 6 nitrogen and oxygen atoms in total. The Morgan fingerprint density at radius 3 is 2.68 bits per heavy atom. The topological polar surface area (TPSA) is 102 Å². The van der Waals surface area contributed by atoms with Gasteiger partial charge >= 0.3 is 0 Å². The molecule has 1 aliphatic rings. The molecular weight excluding hydrogens is 376 g/mol. The number of amides is 1. The molecule has 0 bridgehead atoms. The largest absolute Gasteiger partial charge is 0.389 e. The maximum absolute atomic E-state index is 12.2. The van der Waals surface area contributed by atoms with E-state index in [-0.39, 0.29) is 12.5 Å². The normalized spacial score (nSPS) is 31.8. The van der Waals surface area contributed by atoms with Crippen molar-refractivity contribution in [2.75, 3.05) is 6.54 Å². The molecule has 122 valence electrons. The molecule has 1 saturated heterocycles. The van der Waals surface area contributed by atoms with Crippen molar-refractivity contribution in [3.8, 4) is 0 Å². The van der Waals surface area contributed by atoms with E-state index in [9.17, 15) is 20.1 Å². The van der Waals surface area contributed by atoms with Crippen molar-refractivity contribution in [2.24, 2.45) is 0 Å². The van der Waals surface area contributed by atoms with Crippen LogP contribution < -0.4 is 10.6 Å². The van der Waals surface area contributed by atoms with Crippen LogP contribution in [0.5, 0.6) is 0 Å². The van der Waals surface area contributed by atoms with E-state index in [1.165, 1.54) is 0 Å². The number of halogens is 2. The first-order valence-electron chi connectivity index (χ1n) is 6.84. The molecule has 5 N–H and O–H groups in total. The summed E-state index contributed by atoms with van der Waals surface area (Å²) >= 11 is 9.26. The van der Waals surface area contributed by atoms with Gasteiger partial charge in [0, 0.05) is 17.1 Å². The number of benzene rings is 1. The summed E-state index contributed by atoms with van der Waals surface area (Å²) in [6.45, 7) is 1.79. The third-order valence-electron chi connectivity index (χ3n) is 3.76. The van der Waals surface area contributed by atoms with Crippen LogP contribution in [-0.2, 0) is 0 Å². The monoisotopic (exact) mass is 392 g/mol. The van der Waals surface area contributed by atoms with Gasteiger partial charge in [0.15, 0.2) is 0 Å². The predicted octanol–water partition coefficient (Wildman–Crippen LogP) is 0.275. The Hall–Kier alpha value is -0.700. The van der Waals surface area contributed by atoms with E-state index in [0.29, 0.717) is 10.6 Å². The number of piperidine rings is 1. The molecule has 0 saturated carbocycles. The number of aliphatic hydroxyl groups excluding tert-OH is 3. The molecule has 1 heterocycles. The fourth-order valence-corrected chi connectivity index (χ4v) is 2.98. The average molecular weight is 394 g/mol. The second-order valence-electron chi connectivity index (χ2n) is 5.37. The Labute approximate surface area is 141 Å². The molecule has 0 radical (unpaired) electrons. The molecule has 0 unspecified atom stereocenters. The van der Waals surface area contributed by atoms with E-state index in [1.54, 1.807) is 25.1 Å². The number of hydrogen-bond acceptors (Lipinski definition) is 5. The summed E-state index contributed by atoms with van der Waals surface area (Å²) in [5, 5.41) is 35.3. The van der Waals surface area contributed by atoms with Crippen LogP contribution in [0.2, 0.25) is 5.02 Å². The van der Waals surface area contributed by atoms with Crippen molar-refractivity contribution in [3.63, 3.8) is 0 Å². The molecule has 1 aromatic rings. The lowest BCUT2D eigenvalue weighted by atomic mass is 9.91. The van der Waals surface area contributed by atoms with Gasteiger partial charge in [0.2, 0.25) is 0 Å². The minimum atomic E-state index is -1.26. The zero-order chi connectivity index (χ0) is 16.4. The Balaban J connectivity index is 2.00. The van der Waals surface area contributed by atoms with E-state index in [2.05, 4.69) is 26.6 Å². The summed E-state index contributed by atoms with van der Waals surface area (Å²) in [7, 11) is 0. The third kappa shape index (κ3) is 3.79. The van der Waals surface area contributed by atoms with Gasteiger partial charge < -0.3 is 26.0 Å². The lowest BCUT2D eigenvalue weighted by Gasteiger charge is -2.40. The maximum Gasteiger partial charge on any atom is 0.252 e. The zero-order valence-corrected chi connectivity index (χ0v) is 14.2. The number of carbonyl (C=O) groups excluding carboxylic acids is 1. The zero-order valence-electron chi connectivity index (χ0n) is 11.8. The molecular formula is C14H18BrClN2O4. The van der Waals surface area contributed by atoms with Gasteiger partial charge in [-0.15, -0.1) is 0 Å². The van der Waals surface area contributed by atoms with Gasteiger partial charge in [-0.3, -0.25) is 4.79 Å². The van der Waals surface area contributed by atoms with E-state index in [4.69, 9.17) is 11.6 Å². The van der Waals surface area contributed by atoms with E-state index in [0.717, 1.165) is 4.47 Å². The molecule has 1 fully saturated rings. The number of nitrogens with one attached hydrogen (secondary N) is 2. The number of hydrogen-bond donors (Lipinski definition) is 5. The Kier molecular flexibility index (Phi) is 5.81. The molecule has 8 heteroatoms. The quantitative estimate of drug-likeness (QED) is 0.508. The summed E-state index contributed by atoms with van der Waals surface area (Å²) in [5.41, 5.74) is 0.315. The maximum atomic E-state index is 12.2. The molecule has 1 amide bonds. The molecule has 2 rings (SSSR count). The smallest absolute Gasteiger partial charge is 0.252 e. The minimum Gasteiger partial charge on any atom is -0.389 e. The van der Waals surface area contributed by atoms with Crippen molar-refractivity contribution >= 4 is 33.4 Å². The Bertz CT molecular complexity index is 560. The molecule has 0 aliphatic carbocycles.